The fraction of sp³-hybridized carbons (Fsp3) is 0.471. The second-order valence-electron chi connectivity index (χ2n) is 6.57. The molecule has 128 valence electrons. The van der Waals surface area contributed by atoms with Crippen molar-refractivity contribution < 1.29 is 4.79 Å². The molecule has 0 radical (unpaired) electrons. The first-order chi connectivity index (χ1) is 11.4. The minimum absolute atomic E-state index is 0.0190. The molecule has 1 aliphatic heterocycles. The average Bonchev–Trinajstić information content (AvgIpc) is 3.00. The summed E-state index contributed by atoms with van der Waals surface area (Å²) in [5, 5.41) is 8.35. The van der Waals surface area contributed by atoms with Crippen LogP contribution in [0.25, 0.3) is 0 Å². The highest BCUT2D eigenvalue weighted by Gasteiger charge is 2.30. The van der Waals surface area contributed by atoms with E-state index in [4.69, 9.17) is 0 Å². The standard InChI is InChI=1S/C17H23N5OS/c1-10(2)8-13-17(23)21-14-15(20-13)18-11(3)19-16(14)22(4)9-12-6-5-7-24-12/h5-7,10,13H,8-9H2,1-4H3,(H,21,23)(H,18,19,20). The number of hydrogen-bond acceptors (Lipinski definition) is 6. The van der Waals surface area contributed by atoms with Gasteiger partial charge in [0.1, 0.15) is 17.6 Å². The van der Waals surface area contributed by atoms with E-state index >= 15 is 0 Å². The predicted octanol–water partition coefficient (Wildman–Crippen LogP) is 3.26. The number of nitrogens with zero attached hydrogens (tertiary/aromatic N) is 3. The highest BCUT2D eigenvalue weighted by atomic mass is 32.1. The SMILES string of the molecule is Cc1nc2c(c(N(C)Cc3cccs3)n1)NC(=O)C(CC(C)C)N2. The number of aromatic nitrogens is 2. The molecule has 2 N–H and O–H groups in total. The lowest BCUT2D eigenvalue weighted by Gasteiger charge is -2.30. The van der Waals surface area contributed by atoms with E-state index in [0.29, 0.717) is 23.2 Å². The van der Waals surface area contributed by atoms with Crippen LogP contribution < -0.4 is 15.5 Å². The molecule has 3 rings (SSSR count). The Labute approximate surface area is 146 Å². The topological polar surface area (TPSA) is 70.2 Å². The molecular formula is C17H23N5OS. The Bertz CT molecular complexity index is 729. The third kappa shape index (κ3) is 3.51. The van der Waals surface area contributed by atoms with Gasteiger partial charge in [0.2, 0.25) is 5.91 Å². The van der Waals surface area contributed by atoms with Crippen molar-refractivity contribution in [3.8, 4) is 0 Å². The lowest BCUT2D eigenvalue weighted by Crippen LogP contribution is -2.41. The van der Waals surface area contributed by atoms with Gasteiger partial charge in [-0.2, -0.15) is 0 Å². The van der Waals surface area contributed by atoms with Crippen LogP contribution in [0.2, 0.25) is 0 Å². The van der Waals surface area contributed by atoms with Crippen molar-refractivity contribution in [2.24, 2.45) is 5.92 Å². The molecule has 0 aliphatic carbocycles. The number of aryl methyl sites for hydroxylation is 1. The summed E-state index contributed by atoms with van der Waals surface area (Å²) in [5.41, 5.74) is 0.671. The normalized spacial score (nSPS) is 16.5. The van der Waals surface area contributed by atoms with Crippen molar-refractivity contribution in [1.82, 2.24) is 9.97 Å². The zero-order chi connectivity index (χ0) is 17.3. The van der Waals surface area contributed by atoms with Crippen molar-refractivity contribution in [2.45, 2.75) is 39.8 Å². The number of rotatable bonds is 5. The summed E-state index contributed by atoms with van der Waals surface area (Å²) in [6, 6.07) is 3.88. The fourth-order valence-electron chi connectivity index (χ4n) is 2.84. The van der Waals surface area contributed by atoms with Gasteiger partial charge in [0.05, 0.1) is 6.54 Å². The molecule has 2 aromatic rings. The number of nitrogens with one attached hydrogen (secondary N) is 2. The van der Waals surface area contributed by atoms with Gasteiger partial charge in [-0.05, 0) is 30.7 Å². The molecule has 0 saturated heterocycles. The zero-order valence-electron chi connectivity index (χ0n) is 14.5. The molecule has 1 aliphatic rings. The van der Waals surface area contributed by atoms with E-state index in [1.807, 2.05) is 24.9 Å². The third-order valence-corrected chi connectivity index (χ3v) is 4.78. The summed E-state index contributed by atoms with van der Waals surface area (Å²) < 4.78 is 0. The molecule has 1 amide bonds. The maximum absolute atomic E-state index is 12.4. The molecule has 6 nitrogen and oxygen atoms in total. The summed E-state index contributed by atoms with van der Waals surface area (Å²) in [4.78, 5) is 24.8. The van der Waals surface area contributed by atoms with E-state index < -0.39 is 0 Å². The first-order valence-corrected chi connectivity index (χ1v) is 9.01. The van der Waals surface area contributed by atoms with Gasteiger partial charge in [0.15, 0.2) is 11.6 Å². The maximum Gasteiger partial charge on any atom is 0.247 e. The Morgan fingerprint density at radius 1 is 1.38 bits per heavy atom. The fourth-order valence-corrected chi connectivity index (χ4v) is 3.60. The van der Waals surface area contributed by atoms with Gasteiger partial charge >= 0.3 is 0 Å². The van der Waals surface area contributed by atoms with Crippen LogP contribution in [0.3, 0.4) is 0 Å². The number of carbonyl (C=O) groups excluding carboxylic acids is 1. The molecule has 2 aromatic heterocycles. The van der Waals surface area contributed by atoms with Crippen LogP contribution in [0.4, 0.5) is 17.3 Å². The molecule has 1 unspecified atom stereocenters. The van der Waals surface area contributed by atoms with E-state index in [2.05, 4.69) is 45.9 Å². The molecule has 0 aromatic carbocycles. The highest BCUT2D eigenvalue weighted by Crippen LogP contribution is 2.35. The number of anilines is 3. The summed E-state index contributed by atoms with van der Waals surface area (Å²) >= 11 is 1.71. The average molecular weight is 345 g/mol. The van der Waals surface area contributed by atoms with E-state index in [-0.39, 0.29) is 11.9 Å². The van der Waals surface area contributed by atoms with Crippen molar-refractivity contribution in [3.63, 3.8) is 0 Å². The molecule has 24 heavy (non-hydrogen) atoms. The number of thiophene rings is 1. The smallest absolute Gasteiger partial charge is 0.247 e. The largest absolute Gasteiger partial charge is 0.356 e. The second kappa shape index (κ2) is 6.76. The Morgan fingerprint density at radius 3 is 2.83 bits per heavy atom. The van der Waals surface area contributed by atoms with Crippen molar-refractivity contribution >= 4 is 34.6 Å². The molecule has 0 spiro atoms. The highest BCUT2D eigenvalue weighted by molar-refractivity contribution is 7.09. The van der Waals surface area contributed by atoms with Crippen molar-refractivity contribution in [2.75, 3.05) is 22.6 Å². The minimum atomic E-state index is -0.248. The summed E-state index contributed by atoms with van der Waals surface area (Å²) in [5.74, 6) is 2.55. The lowest BCUT2D eigenvalue weighted by atomic mass is 10.0. The Hall–Kier alpha value is -2.15. The quantitative estimate of drug-likeness (QED) is 0.870. The van der Waals surface area contributed by atoms with Crippen LogP contribution in [0, 0.1) is 12.8 Å². The first kappa shape index (κ1) is 16.7. The van der Waals surface area contributed by atoms with E-state index in [1.54, 1.807) is 11.3 Å². The van der Waals surface area contributed by atoms with Gasteiger partial charge in [-0.15, -0.1) is 11.3 Å². The Balaban J connectivity index is 1.90. The van der Waals surface area contributed by atoms with Gasteiger partial charge in [-0.3, -0.25) is 4.79 Å². The van der Waals surface area contributed by atoms with E-state index in [0.717, 1.165) is 18.8 Å². The number of carbonyl (C=O) groups is 1. The number of fused-ring (bicyclic) bond motifs is 1. The minimum Gasteiger partial charge on any atom is -0.356 e. The Kier molecular flexibility index (Phi) is 4.71. The van der Waals surface area contributed by atoms with Crippen LogP contribution in [0.1, 0.15) is 31.0 Å². The van der Waals surface area contributed by atoms with E-state index in [1.165, 1.54) is 4.88 Å². The van der Waals surface area contributed by atoms with E-state index in [9.17, 15) is 4.79 Å². The molecule has 3 heterocycles. The lowest BCUT2D eigenvalue weighted by molar-refractivity contribution is -0.117. The van der Waals surface area contributed by atoms with Crippen molar-refractivity contribution in [3.05, 3.63) is 28.2 Å². The van der Waals surface area contributed by atoms with Gasteiger partial charge in [0, 0.05) is 11.9 Å². The monoisotopic (exact) mass is 345 g/mol. The summed E-state index contributed by atoms with van der Waals surface area (Å²) in [6.07, 6.45) is 0.773. The molecular weight excluding hydrogens is 322 g/mol. The zero-order valence-corrected chi connectivity index (χ0v) is 15.3. The van der Waals surface area contributed by atoms with Crippen LogP contribution in [-0.2, 0) is 11.3 Å². The van der Waals surface area contributed by atoms with Crippen molar-refractivity contribution in [1.29, 1.82) is 0 Å². The van der Waals surface area contributed by atoms with Crippen LogP contribution in [0.15, 0.2) is 17.5 Å². The van der Waals surface area contributed by atoms with Gasteiger partial charge < -0.3 is 15.5 Å². The Morgan fingerprint density at radius 2 is 2.17 bits per heavy atom. The molecule has 0 fully saturated rings. The predicted molar refractivity (Wildman–Crippen MR) is 98.7 cm³/mol. The van der Waals surface area contributed by atoms with Gasteiger partial charge in [-0.25, -0.2) is 9.97 Å². The van der Waals surface area contributed by atoms with Crippen LogP contribution in [0.5, 0.6) is 0 Å². The molecule has 0 bridgehead atoms. The third-order valence-electron chi connectivity index (χ3n) is 3.92. The molecule has 1 atom stereocenters. The van der Waals surface area contributed by atoms with Gasteiger partial charge in [0.25, 0.3) is 0 Å². The molecule has 7 heteroatoms. The van der Waals surface area contributed by atoms with Gasteiger partial charge in [-0.1, -0.05) is 19.9 Å². The molecule has 0 saturated carbocycles. The van der Waals surface area contributed by atoms with Crippen LogP contribution in [-0.4, -0.2) is 29.0 Å². The first-order valence-electron chi connectivity index (χ1n) is 8.13. The number of amides is 1. The van der Waals surface area contributed by atoms with Crippen LogP contribution >= 0.6 is 11.3 Å². The second-order valence-corrected chi connectivity index (χ2v) is 7.60. The summed E-state index contributed by atoms with van der Waals surface area (Å²) in [7, 11) is 1.98. The summed E-state index contributed by atoms with van der Waals surface area (Å²) in [6.45, 7) is 6.83. The number of hydrogen-bond donors (Lipinski definition) is 2. The maximum atomic E-state index is 12.4.